The van der Waals surface area contributed by atoms with Crippen LogP contribution in [0.15, 0.2) is 54.6 Å². The second-order valence-corrected chi connectivity index (χ2v) is 6.53. The van der Waals surface area contributed by atoms with Crippen molar-refractivity contribution in [2.24, 2.45) is 0 Å². The first-order valence-electron chi connectivity index (χ1n) is 8.85. The van der Waals surface area contributed by atoms with Gasteiger partial charge in [0.15, 0.2) is 0 Å². The van der Waals surface area contributed by atoms with E-state index in [1.165, 1.54) is 10.5 Å². The Morgan fingerprint density at radius 1 is 0.962 bits per heavy atom. The molecule has 1 aliphatic heterocycles. The number of hydrogen-bond acceptors (Lipinski definition) is 3. The van der Waals surface area contributed by atoms with Crippen LogP contribution in [-0.2, 0) is 4.79 Å². The van der Waals surface area contributed by atoms with Crippen LogP contribution in [0.25, 0.3) is 0 Å². The van der Waals surface area contributed by atoms with E-state index in [4.69, 9.17) is 0 Å². The summed E-state index contributed by atoms with van der Waals surface area (Å²) >= 11 is 0. The zero-order valence-electron chi connectivity index (χ0n) is 14.8. The maximum Gasteiger partial charge on any atom is 0.261 e. The number of nitrogens with one attached hydrogen (secondary N) is 1. The second kappa shape index (κ2) is 7.95. The van der Waals surface area contributed by atoms with E-state index in [9.17, 15) is 14.4 Å². The van der Waals surface area contributed by atoms with Crippen LogP contribution in [0, 0.1) is 0 Å². The molecule has 1 unspecified atom stereocenters. The van der Waals surface area contributed by atoms with Crippen molar-refractivity contribution in [1.82, 2.24) is 10.2 Å². The van der Waals surface area contributed by atoms with Crippen molar-refractivity contribution in [3.8, 4) is 0 Å². The summed E-state index contributed by atoms with van der Waals surface area (Å²) in [4.78, 5) is 37.8. The topological polar surface area (TPSA) is 66.5 Å². The molecule has 1 heterocycles. The molecular formula is C21H22N2O3. The van der Waals surface area contributed by atoms with Crippen LogP contribution < -0.4 is 5.32 Å². The minimum absolute atomic E-state index is 0.0654. The number of carbonyl (C=O) groups is 3. The lowest BCUT2D eigenvalue weighted by Crippen LogP contribution is -2.32. The third kappa shape index (κ3) is 3.82. The normalized spacial score (nSPS) is 14.3. The summed E-state index contributed by atoms with van der Waals surface area (Å²) in [5.41, 5.74) is 2.07. The molecule has 0 saturated carbocycles. The molecule has 134 valence electrons. The summed E-state index contributed by atoms with van der Waals surface area (Å²) in [6, 6.07) is 16.8. The summed E-state index contributed by atoms with van der Waals surface area (Å²) < 4.78 is 0. The third-order valence-electron chi connectivity index (χ3n) is 4.64. The molecule has 5 nitrogen and oxygen atoms in total. The van der Waals surface area contributed by atoms with Gasteiger partial charge in [0.1, 0.15) is 0 Å². The van der Waals surface area contributed by atoms with Crippen LogP contribution in [0.4, 0.5) is 0 Å². The van der Waals surface area contributed by atoms with Crippen LogP contribution in [0.1, 0.15) is 52.0 Å². The highest BCUT2D eigenvalue weighted by atomic mass is 16.2. The van der Waals surface area contributed by atoms with E-state index in [0.29, 0.717) is 24.1 Å². The van der Waals surface area contributed by atoms with Gasteiger partial charge < -0.3 is 5.32 Å². The van der Waals surface area contributed by atoms with Gasteiger partial charge in [0.25, 0.3) is 11.8 Å². The lowest BCUT2D eigenvalue weighted by Gasteiger charge is -2.15. The number of benzene rings is 2. The molecule has 0 aliphatic carbocycles. The summed E-state index contributed by atoms with van der Waals surface area (Å²) in [6.07, 6.45) is 0.742. The van der Waals surface area contributed by atoms with E-state index in [1.54, 1.807) is 24.3 Å². The van der Waals surface area contributed by atoms with Crippen molar-refractivity contribution >= 4 is 17.7 Å². The molecule has 3 rings (SSSR count). The highest BCUT2D eigenvalue weighted by Crippen LogP contribution is 2.22. The van der Waals surface area contributed by atoms with E-state index >= 15 is 0 Å². The van der Waals surface area contributed by atoms with Crippen LogP contribution in [0.2, 0.25) is 0 Å². The molecule has 1 atom stereocenters. The fraction of sp³-hybridized carbons (Fsp3) is 0.286. The number of imide groups is 1. The Kier molecular flexibility index (Phi) is 5.46. The zero-order chi connectivity index (χ0) is 18.5. The molecule has 5 heteroatoms. The van der Waals surface area contributed by atoms with Crippen LogP contribution in [-0.4, -0.2) is 35.7 Å². The van der Waals surface area contributed by atoms with Crippen molar-refractivity contribution in [2.45, 2.75) is 25.7 Å². The summed E-state index contributed by atoms with van der Waals surface area (Å²) in [7, 11) is 0. The maximum atomic E-state index is 12.3. The Hall–Kier alpha value is -2.95. The maximum absolute atomic E-state index is 12.3. The lowest BCUT2D eigenvalue weighted by atomic mass is 10.0. The molecule has 3 amide bonds. The Balaban J connectivity index is 1.43. The van der Waals surface area contributed by atoms with Crippen molar-refractivity contribution in [3.63, 3.8) is 0 Å². The SMILES string of the molecule is CC(CNC(=O)CCCN1C(=O)c2ccccc2C1=O)c1ccccc1. The minimum atomic E-state index is -0.274. The van der Waals surface area contributed by atoms with E-state index in [1.807, 2.05) is 30.3 Å². The zero-order valence-corrected chi connectivity index (χ0v) is 14.8. The van der Waals surface area contributed by atoms with Crippen molar-refractivity contribution in [2.75, 3.05) is 13.1 Å². The van der Waals surface area contributed by atoms with Gasteiger partial charge in [-0.05, 0) is 30.0 Å². The fourth-order valence-electron chi connectivity index (χ4n) is 3.09. The fourth-order valence-corrected chi connectivity index (χ4v) is 3.09. The highest BCUT2D eigenvalue weighted by molar-refractivity contribution is 6.21. The average molecular weight is 350 g/mol. The first kappa shape index (κ1) is 17.9. The molecule has 0 fully saturated rings. The quantitative estimate of drug-likeness (QED) is 0.781. The molecule has 0 saturated heterocycles. The minimum Gasteiger partial charge on any atom is -0.356 e. The summed E-state index contributed by atoms with van der Waals surface area (Å²) in [5, 5.41) is 2.92. The van der Waals surface area contributed by atoms with Crippen LogP contribution in [0.3, 0.4) is 0 Å². The van der Waals surface area contributed by atoms with Gasteiger partial charge >= 0.3 is 0 Å². The van der Waals surface area contributed by atoms with Gasteiger partial charge in [0.2, 0.25) is 5.91 Å². The van der Waals surface area contributed by atoms with Gasteiger partial charge in [-0.2, -0.15) is 0 Å². The lowest BCUT2D eigenvalue weighted by molar-refractivity contribution is -0.121. The molecule has 0 radical (unpaired) electrons. The monoisotopic (exact) mass is 350 g/mol. The standard InChI is InChI=1S/C21H22N2O3/c1-15(16-8-3-2-4-9-16)14-22-19(24)12-7-13-23-20(25)17-10-5-6-11-18(17)21(23)26/h2-6,8-11,15H,7,12-14H2,1H3,(H,22,24). The number of fused-ring (bicyclic) bond motifs is 1. The van der Waals surface area contributed by atoms with Crippen LogP contribution >= 0.6 is 0 Å². The van der Waals surface area contributed by atoms with Gasteiger partial charge in [-0.25, -0.2) is 0 Å². The Morgan fingerprint density at radius 3 is 2.15 bits per heavy atom. The predicted octanol–water partition coefficient (Wildman–Crippen LogP) is 2.98. The van der Waals surface area contributed by atoms with E-state index < -0.39 is 0 Å². The first-order valence-corrected chi connectivity index (χ1v) is 8.85. The van der Waals surface area contributed by atoms with Crippen LogP contribution in [0.5, 0.6) is 0 Å². The van der Waals surface area contributed by atoms with Gasteiger partial charge in [0.05, 0.1) is 11.1 Å². The van der Waals surface area contributed by atoms with Gasteiger partial charge in [0, 0.05) is 19.5 Å². The van der Waals surface area contributed by atoms with Crippen molar-refractivity contribution < 1.29 is 14.4 Å². The first-order chi connectivity index (χ1) is 12.6. The smallest absolute Gasteiger partial charge is 0.261 e. The number of hydrogen-bond donors (Lipinski definition) is 1. The predicted molar refractivity (Wildman–Crippen MR) is 98.9 cm³/mol. The molecule has 0 aromatic heterocycles. The molecule has 2 aromatic carbocycles. The Morgan fingerprint density at radius 2 is 1.54 bits per heavy atom. The molecule has 0 spiro atoms. The number of amides is 3. The van der Waals surface area contributed by atoms with Crippen molar-refractivity contribution in [3.05, 3.63) is 71.3 Å². The van der Waals surface area contributed by atoms with Gasteiger partial charge in [-0.3, -0.25) is 19.3 Å². The Labute approximate surface area is 153 Å². The Bertz CT molecular complexity index is 782. The number of nitrogens with zero attached hydrogens (tertiary/aromatic N) is 1. The van der Waals surface area contributed by atoms with Gasteiger partial charge in [-0.1, -0.05) is 49.4 Å². The highest BCUT2D eigenvalue weighted by Gasteiger charge is 2.34. The molecular weight excluding hydrogens is 328 g/mol. The second-order valence-electron chi connectivity index (χ2n) is 6.53. The summed E-state index contributed by atoms with van der Waals surface area (Å²) in [5.74, 6) is -0.381. The van der Waals surface area contributed by atoms with E-state index in [2.05, 4.69) is 12.2 Å². The molecule has 26 heavy (non-hydrogen) atoms. The van der Waals surface area contributed by atoms with E-state index in [-0.39, 0.29) is 36.6 Å². The molecule has 1 N–H and O–H groups in total. The average Bonchev–Trinajstić information content (AvgIpc) is 2.92. The van der Waals surface area contributed by atoms with Gasteiger partial charge in [-0.15, -0.1) is 0 Å². The molecule has 2 aromatic rings. The third-order valence-corrected chi connectivity index (χ3v) is 4.64. The van der Waals surface area contributed by atoms with E-state index in [0.717, 1.165) is 0 Å². The van der Waals surface area contributed by atoms with Crippen molar-refractivity contribution in [1.29, 1.82) is 0 Å². The summed E-state index contributed by atoms with van der Waals surface area (Å²) in [6.45, 7) is 2.89. The number of carbonyl (C=O) groups excluding carboxylic acids is 3. The largest absolute Gasteiger partial charge is 0.356 e. The molecule has 0 bridgehead atoms. The molecule has 1 aliphatic rings. The number of rotatable bonds is 7.